The minimum Gasteiger partial charge on any atom is -0.400 e. The summed E-state index contributed by atoms with van der Waals surface area (Å²) in [6.07, 6.45) is 5.91. The van der Waals surface area contributed by atoms with Gasteiger partial charge in [0.1, 0.15) is 0 Å². The maximum atomic E-state index is 12.0. The molecular formula is C14H27NO3S. The number of hydrogen-bond donors (Lipinski definition) is 1. The molecule has 1 aliphatic rings. The Morgan fingerprint density at radius 2 is 1.79 bits per heavy atom. The quantitative estimate of drug-likeness (QED) is 0.551. The maximum absolute atomic E-state index is 12.0. The molecule has 1 fully saturated rings. The van der Waals surface area contributed by atoms with Gasteiger partial charge in [-0.2, -0.15) is 0 Å². The van der Waals surface area contributed by atoms with E-state index < -0.39 is 0 Å². The number of thioether (sulfide) groups is 1. The van der Waals surface area contributed by atoms with E-state index in [1.54, 1.807) is 11.8 Å². The highest BCUT2D eigenvalue weighted by atomic mass is 32.2. The van der Waals surface area contributed by atoms with Crippen molar-refractivity contribution in [3.8, 4) is 0 Å². The normalized spacial score (nSPS) is 18.5. The van der Waals surface area contributed by atoms with Crippen molar-refractivity contribution >= 4 is 23.6 Å². The average molecular weight is 289 g/mol. The molecule has 0 aromatic carbocycles. The predicted molar refractivity (Wildman–Crippen MR) is 80.2 cm³/mol. The van der Waals surface area contributed by atoms with Crippen molar-refractivity contribution in [2.45, 2.75) is 57.6 Å². The fraction of sp³-hybridized carbons (Fsp3) is 0.857. The van der Waals surface area contributed by atoms with Gasteiger partial charge in [0, 0.05) is 20.1 Å². The van der Waals surface area contributed by atoms with Crippen molar-refractivity contribution in [2.75, 3.05) is 19.4 Å². The van der Waals surface area contributed by atoms with E-state index in [0.717, 1.165) is 32.1 Å². The second-order valence-corrected chi connectivity index (χ2v) is 5.82. The number of amides is 2. The van der Waals surface area contributed by atoms with E-state index in [2.05, 4.69) is 13.8 Å². The van der Waals surface area contributed by atoms with Crippen LogP contribution < -0.4 is 0 Å². The van der Waals surface area contributed by atoms with Crippen LogP contribution in [-0.4, -0.2) is 46.5 Å². The number of nitrogens with zero attached hydrogens (tertiary/aromatic N) is 1. The molecular weight excluding hydrogens is 262 g/mol. The van der Waals surface area contributed by atoms with Gasteiger partial charge in [-0.3, -0.25) is 14.5 Å². The van der Waals surface area contributed by atoms with Crippen molar-refractivity contribution in [2.24, 2.45) is 0 Å². The minimum absolute atomic E-state index is 0.0245. The Hall–Kier alpha value is -0.550. The molecule has 1 heterocycles. The van der Waals surface area contributed by atoms with Crippen molar-refractivity contribution in [3.05, 3.63) is 0 Å². The lowest BCUT2D eigenvalue weighted by atomic mass is 10.3. The zero-order valence-electron chi connectivity index (χ0n) is 12.4. The molecule has 0 bridgehead atoms. The van der Waals surface area contributed by atoms with Gasteiger partial charge in [0.15, 0.2) is 0 Å². The summed E-state index contributed by atoms with van der Waals surface area (Å²) in [7, 11) is 1.00. The molecule has 4 nitrogen and oxygen atoms in total. The Morgan fingerprint density at radius 1 is 1.16 bits per heavy atom. The van der Waals surface area contributed by atoms with Gasteiger partial charge in [0.25, 0.3) is 0 Å². The first-order valence-electron chi connectivity index (χ1n) is 7.11. The molecule has 1 aliphatic heterocycles. The fourth-order valence-electron chi connectivity index (χ4n) is 1.91. The Labute approximate surface area is 120 Å². The number of aliphatic hydroxyl groups excluding tert-OH is 1. The fourth-order valence-corrected chi connectivity index (χ4v) is 3.10. The van der Waals surface area contributed by atoms with Crippen LogP contribution in [0.4, 0.5) is 0 Å². The third-order valence-electron chi connectivity index (χ3n) is 3.00. The number of hydrogen-bond acceptors (Lipinski definition) is 4. The first-order chi connectivity index (χ1) is 9.20. The number of aliphatic hydroxyl groups is 1. The lowest BCUT2D eigenvalue weighted by Gasteiger charge is -2.13. The average Bonchev–Trinajstić information content (AvgIpc) is 2.70. The molecule has 1 unspecified atom stereocenters. The predicted octanol–water partition coefficient (Wildman–Crippen LogP) is 2.45. The van der Waals surface area contributed by atoms with E-state index in [1.807, 2.05) is 0 Å². The molecule has 0 aliphatic carbocycles. The molecule has 1 N–H and O–H groups in total. The number of unbranched alkanes of at least 4 members (excludes halogenated alkanes) is 3. The van der Waals surface area contributed by atoms with Gasteiger partial charge < -0.3 is 5.11 Å². The molecule has 2 amide bonds. The highest BCUT2D eigenvalue weighted by Gasteiger charge is 2.37. The number of imide groups is 1. The third-order valence-corrected chi connectivity index (χ3v) is 4.30. The van der Waals surface area contributed by atoms with Gasteiger partial charge in [0.05, 0.1) is 5.25 Å². The SMILES string of the molecule is CCCCCSC1CC(=O)N(CCCC)C1=O.CO. The van der Waals surface area contributed by atoms with Crippen molar-refractivity contribution in [1.82, 2.24) is 4.90 Å². The molecule has 1 rings (SSSR count). The summed E-state index contributed by atoms with van der Waals surface area (Å²) >= 11 is 1.66. The summed E-state index contributed by atoms with van der Waals surface area (Å²) < 4.78 is 0. The Bertz CT molecular complexity index is 271. The summed E-state index contributed by atoms with van der Waals surface area (Å²) in [5.41, 5.74) is 0. The molecule has 0 aromatic heterocycles. The molecule has 19 heavy (non-hydrogen) atoms. The van der Waals surface area contributed by atoms with Crippen LogP contribution in [0.5, 0.6) is 0 Å². The number of rotatable bonds is 8. The van der Waals surface area contributed by atoms with Crippen LogP contribution in [0.2, 0.25) is 0 Å². The Balaban J connectivity index is 0.00000154. The number of carbonyl (C=O) groups is 2. The van der Waals surface area contributed by atoms with E-state index in [9.17, 15) is 9.59 Å². The van der Waals surface area contributed by atoms with Crippen molar-refractivity contribution in [3.63, 3.8) is 0 Å². The van der Waals surface area contributed by atoms with Crippen LogP contribution in [0.3, 0.4) is 0 Å². The van der Waals surface area contributed by atoms with E-state index >= 15 is 0 Å². The van der Waals surface area contributed by atoms with Gasteiger partial charge in [-0.1, -0.05) is 33.1 Å². The summed E-state index contributed by atoms with van der Waals surface area (Å²) in [6.45, 7) is 4.85. The second kappa shape index (κ2) is 11.3. The van der Waals surface area contributed by atoms with Gasteiger partial charge in [-0.25, -0.2) is 0 Å². The van der Waals surface area contributed by atoms with Crippen LogP contribution in [0, 0.1) is 0 Å². The standard InChI is InChI=1S/C13H23NO2S.CH4O/c1-3-5-7-9-17-11-10-12(15)14(13(11)16)8-6-4-2;1-2/h11H,3-10H2,1-2H3;2H,1H3. The van der Waals surface area contributed by atoms with E-state index in [4.69, 9.17) is 5.11 Å². The summed E-state index contributed by atoms with van der Waals surface area (Å²) in [5, 5.41) is 6.90. The molecule has 0 aromatic rings. The van der Waals surface area contributed by atoms with Crippen molar-refractivity contribution in [1.29, 1.82) is 0 Å². The molecule has 0 spiro atoms. The smallest absolute Gasteiger partial charge is 0.242 e. The number of carbonyl (C=O) groups excluding carboxylic acids is 2. The second-order valence-electron chi connectivity index (χ2n) is 4.51. The molecule has 1 saturated heterocycles. The van der Waals surface area contributed by atoms with Crippen LogP contribution in [0.15, 0.2) is 0 Å². The largest absolute Gasteiger partial charge is 0.400 e. The maximum Gasteiger partial charge on any atom is 0.242 e. The lowest BCUT2D eigenvalue weighted by Crippen LogP contribution is -2.32. The monoisotopic (exact) mass is 289 g/mol. The van der Waals surface area contributed by atoms with Crippen LogP contribution in [0.25, 0.3) is 0 Å². The molecule has 0 radical (unpaired) electrons. The zero-order chi connectivity index (χ0) is 14.7. The van der Waals surface area contributed by atoms with Gasteiger partial charge in [0.2, 0.25) is 11.8 Å². The van der Waals surface area contributed by atoms with Gasteiger partial charge in [-0.05, 0) is 18.6 Å². The van der Waals surface area contributed by atoms with Gasteiger partial charge >= 0.3 is 0 Å². The molecule has 1 atom stereocenters. The highest BCUT2D eigenvalue weighted by Crippen LogP contribution is 2.26. The topological polar surface area (TPSA) is 57.6 Å². The lowest BCUT2D eigenvalue weighted by molar-refractivity contribution is -0.138. The third kappa shape index (κ3) is 6.43. The summed E-state index contributed by atoms with van der Waals surface area (Å²) in [5.74, 6) is 1.07. The van der Waals surface area contributed by atoms with E-state index in [0.29, 0.717) is 13.0 Å². The minimum atomic E-state index is -0.101. The first kappa shape index (κ1) is 18.4. The van der Waals surface area contributed by atoms with Crippen LogP contribution in [-0.2, 0) is 9.59 Å². The van der Waals surface area contributed by atoms with Crippen LogP contribution >= 0.6 is 11.8 Å². The zero-order valence-corrected chi connectivity index (χ0v) is 13.2. The van der Waals surface area contributed by atoms with E-state index in [-0.39, 0.29) is 17.1 Å². The number of likely N-dealkylation sites (tertiary alicyclic amines) is 1. The van der Waals surface area contributed by atoms with E-state index in [1.165, 1.54) is 17.7 Å². The Morgan fingerprint density at radius 3 is 2.37 bits per heavy atom. The van der Waals surface area contributed by atoms with Crippen LogP contribution in [0.1, 0.15) is 52.4 Å². The Kier molecular flexibility index (Phi) is 11.0. The summed E-state index contributed by atoms with van der Waals surface area (Å²) in [4.78, 5) is 25.1. The molecule has 112 valence electrons. The molecule has 5 heteroatoms. The van der Waals surface area contributed by atoms with Crippen molar-refractivity contribution < 1.29 is 14.7 Å². The molecule has 0 saturated carbocycles. The highest BCUT2D eigenvalue weighted by molar-refractivity contribution is 8.00. The first-order valence-corrected chi connectivity index (χ1v) is 8.16. The van der Waals surface area contributed by atoms with Gasteiger partial charge in [-0.15, -0.1) is 11.8 Å². The summed E-state index contributed by atoms with van der Waals surface area (Å²) in [6, 6.07) is 0.